The highest BCUT2D eigenvalue weighted by molar-refractivity contribution is 5.77. The van der Waals surface area contributed by atoms with E-state index in [0.29, 0.717) is 6.54 Å². The molecular formula is C19H30N2O3. The van der Waals surface area contributed by atoms with Gasteiger partial charge in [0, 0.05) is 19.6 Å². The van der Waals surface area contributed by atoms with Gasteiger partial charge in [-0.2, -0.15) is 0 Å². The van der Waals surface area contributed by atoms with E-state index >= 15 is 0 Å². The molecule has 0 bridgehead atoms. The monoisotopic (exact) mass is 334 g/mol. The average Bonchev–Trinajstić information content (AvgIpc) is 2.57. The molecular weight excluding hydrogens is 304 g/mol. The van der Waals surface area contributed by atoms with Crippen molar-refractivity contribution in [2.75, 3.05) is 46.0 Å². The van der Waals surface area contributed by atoms with E-state index < -0.39 is 0 Å². The Balaban J connectivity index is 1.60. The average molecular weight is 334 g/mol. The van der Waals surface area contributed by atoms with E-state index in [0.717, 1.165) is 45.0 Å². The van der Waals surface area contributed by atoms with E-state index in [9.17, 15) is 4.79 Å². The molecule has 1 amide bonds. The topological polar surface area (TPSA) is 50.8 Å². The van der Waals surface area contributed by atoms with E-state index in [1.807, 2.05) is 12.1 Å². The maximum atomic E-state index is 11.8. The minimum absolute atomic E-state index is 0.0619. The number of ether oxygens (including phenoxy) is 2. The van der Waals surface area contributed by atoms with Gasteiger partial charge in [-0.25, -0.2) is 0 Å². The minimum Gasteiger partial charge on any atom is -0.484 e. The van der Waals surface area contributed by atoms with Gasteiger partial charge >= 0.3 is 0 Å². The van der Waals surface area contributed by atoms with Gasteiger partial charge in [-0.1, -0.05) is 32.9 Å². The number of rotatable bonds is 7. The summed E-state index contributed by atoms with van der Waals surface area (Å²) >= 11 is 0. The summed E-state index contributed by atoms with van der Waals surface area (Å²) in [6, 6.07) is 7.95. The molecule has 1 N–H and O–H groups in total. The van der Waals surface area contributed by atoms with Gasteiger partial charge in [0.2, 0.25) is 0 Å². The van der Waals surface area contributed by atoms with E-state index in [2.05, 4.69) is 43.1 Å². The van der Waals surface area contributed by atoms with Gasteiger partial charge in [0.1, 0.15) is 5.75 Å². The first-order valence-corrected chi connectivity index (χ1v) is 8.75. The molecule has 0 atom stereocenters. The summed E-state index contributed by atoms with van der Waals surface area (Å²) in [4.78, 5) is 14.2. The van der Waals surface area contributed by atoms with E-state index in [-0.39, 0.29) is 17.9 Å². The predicted octanol–water partition coefficient (Wildman–Crippen LogP) is 2.20. The van der Waals surface area contributed by atoms with Crippen LogP contribution < -0.4 is 10.1 Å². The second kappa shape index (κ2) is 9.04. The molecule has 1 aromatic carbocycles. The molecule has 1 fully saturated rings. The molecule has 1 heterocycles. The fourth-order valence-electron chi connectivity index (χ4n) is 2.61. The summed E-state index contributed by atoms with van der Waals surface area (Å²) in [7, 11) is 0. The van der Waals surface area contributed by atoms with Crippen LogP contribution in [-0.2, 0) is 14.9 Å². The molecule has 5 nitrogen and oxygen atoms in total. The smallest absolute Gasteiger partial charge is 0.257 e. The molecule has 0 radical (unpaired) electrons. The van der Waals surface area contributed by atoms with Gasteiger partial charge in [0.25, 0.3) is 5.91 Å². The SMILES string of the molecule is CC(C)(C)c1ccc(OCC(=O)NCCCN2CCOCC2)cc1. The lowest BCUT2D eigenvalue weighted by molar-refractivity contribution is -0.123. The molecule has 0 aliphatic carbocycles. The van der Waals surface area contributed by atoms with Crippen molar-refractivity contribution in [1.29, 1.82) is 0 Å². The number of nitrogens with zero attached hydrogens (tertiary/aromatic N) is 1. The second-order valence-corrected chi connectivity index (χ2v) is 7.22. The summed E-state index contributed by atoms with van der Waals surface area (Å²) in [6.45, 7) is 11.9. The number of hydrogen-bond donors (Lipinski definition) is 1. The Morgan fingerprint density at radius 3 is 2.50 bits per heavy atom. The molecule has 0 aromatic heterocycles. The number of hydrogen-bond acceptors (Lipinski definition) is 4. The van der Waals surface area contributed by atoms with E-state index in [1.165, 1.54) is 5.56 Å². The Hall–Kier alpha value is -1.59. The van der Waals surface area contributed by atoms with Crippen LogP contribution in [0, 0.1) is 0 Å². The number of carbonyl (C=O) groups is 1. The lowest BCUT2D eigenvalue weighted by Crippen LogP contribution is -2.38. The van der Waals surface area contributed by atoms with Crippen molar-refractivity contribution in [3.8, 4) is 5.75 Å². The van der Waals surface area contributed by atoms with E-state index in [1.54, 1.807) is 0 Å². The largest absolute Gasteiger partial charge is 0.484 e. The van der Waals surface area contributed by atoms with Crippen molar-refractivity contribution in [3.05, 3.63) is 29.8 Å². The third-order valence-electron chi connectivity index (χ3n) is 4.17. The lowest BCUT2D eigenvalue weighted by Gasteiger charge is -2.26. The Bertz CT molecular complexity index is 502. The van der Waals surface area contributed by atoms with Crippen LogP contribution in [0.5, 0.6) is 5.75 Å². The molecule has 5 heteroatoms. The van der Waals surface area contributed by atoms with Crippen LogP contribution in [0.3, 0.4) is 0 Å². The Morgan fingerprint density at radius 2 is 1.88 bits per heavy atom. The first-order valence-electron chi connectivity index (χ1n) is 8.75. The zero-order valence-corrected chi connectivity index (χ0v) is 15.1. The van der Waals surface area contributed by atoms with Crippen LogP contribution in [-0.4, -0.2) is 56.8 Å². The van der Waals surface area contributed by atoms with Gasteiger partial charge in [-0.15, -0.1) is 0 Å². The predicted molar refractivity (Wildman–Crippen MR) is 95.5 cm³/mol. The molecule has 1 saturated heterocycles. The van der Waals surface area contributed by atoms with Crippen molar-refractivity contribution in [1.82, 2.24) is 10.2 Å². The molecule has 1 aliphatic rings. The molecule has 2 rings (SSSR count). The van der Waals surface area contributed by atoms with Crippen molar-refractivity contribution in [2.24, 2.45) is 0 Å². The molecule has 24 heavy (non-hydrogen) atoms. The summed E-state index contributed by atoms with van der Waals surface area (Å²) in [6.07, 6.45) is 0.950. The summed E-state index contributed by atoms with van der Waals surface area (Å²) < 4.78 is 10.9. The minimum atomic E-state index is -0.0723. The number of morpholine rings is 1. The summed E-state index contributed by atoms with van der Waals surface area (Å²) in [5, 5.41) is 2.91. The molecule has 1 aliphatic heterocycles. The third kappa shape index (κ3) is 6.49. The second-order valence-electron chi connectivity index (χ2n) is 7.22. The number of carbonyl (C=O) groups excluding carboxylic acids is 1. The normalized spacial score (nSPS) is 16.0. The number of amides is 1. The van der Waals surface area contributed by atoms with Gasteiger partial charge in [0.15, 0.2) is 6.61 Å². The summed E-state index contributed by atoms with van der Waals surface area (Å²) in [5.74, 6) is 0.656. The lowest BCUT2D eigenvalue weighted by atomic mass is 9.87. The molecule has 134 valence electrons. The van der Waals surface area contributed by atoms with Crippen LogP contribution in [0.15, 0.2) is 24.3 Å². The highest BCUT2D eigenvalue weighted by Gasteiger charge is 2.13. The van der Waals surface area contributed by atoms with Gasteiger partial charge < -0.3 is 14.8 Å². The standard InChI is InChI=1S/C19H30N2O3/c1-19(2,3)16-5-7-17(8-6-16)24-15-18(22)20-9-4-10-21-11-13-23-14-12-21/h5-8H,4,9-15H2,1-3H3,(H,20,22). The Kier molecular flexibility index (Phi) is 7.06. The van der Waals surface area contributed by atoms with Crippen molar-refractivity contribution in [3.63, 3.8) is 0 Å². The highest BCUT2D eigenvalue weighted by Crippen LogP contribution is 2.24. The summed E-state index contributed by atoms with van der Waals surface area (Å²) in [5.41, 5.74) is 1.37. The van der Waals surface area contributed by atoms with Crippen molar-refractivity contribution in [2.45, 2.75) is 32.6 Å². The van der Waals surface area contributed by atoms with Crippen LogP contribution in [0.2, 0.25) is 0 Å². The van der Waals surface area contributed by atoms with Crippen molar-refractivity contribution >= 4 is 5.91 Å². The van der Waals surface area contributed by atoms with Gasteiger partial charge in [0.05, 0.1) is 13.2 Å². The van der Waals surface area contributed by atoms with Crippen LogP contribution >= 0.6 is 0 Å². The Morgan fingerprint density at radius 1 is 1.21 bits per heavy atom. The zero-order valence-electron chi connectivity index (χ0n) is 15.1. The van der Waals surface area contributed by atoms with Crippen molar-refractivity contribution < 1.29 is 14.3 Å². The number of benzene rings is 1. The van der Waals surface area contributed by atoms with Crippen LogP contribution in [0.4, 0.5) is 0 Å². The fraction of sp³-hybridized carbons (Fsp3) is 0.632. The zero-order chi connectivity index (χ0) is 17.4. The van der Waals surface area contributed by atoms with Gasteiger partial charge in [-0.05, 0) is 36.1 Å². The Labute approximate surface area is 145 Å². The highest BCUT2D eigenvalue weighted by atomic mass is 16.5. The molecule has 0 spiro atoms. The molecule has 1 aromatic rings. The quantitative estimate of drug-likeness (QED) is 0.777. The molecule has 0 saturated carbocycles. The first-order chi connectivity index (χ1) is 11.4. The van der Waals surface area contributed by atoms with Gasteiger partial charge in [-0.3, -0.25) is 9.69 Å². The maximum absolute atomic E-state index is 11.8. The first kappa shape index (κ1) is 18.7. The van der Waals surface area contributed by atoms with Crippen LogP contribution in [0.1, 0.15) is 32.8 Å². The fourth-order valence-corrected chi connectivity index (χ4v) is 2.61. The van der Waals surface area contributed by atoms with E-state index in [4.69, 9.17) is 9.47 Å². The number of nitrogens with one attached hydrogen (secondary N) is 1. The third-order valence-corrected chi connectivity index (χ3v) is 4.17. The molecule has 0 unspecified atom stereocenters. The maximum Gasteiger partial charge on any atom is 0.257 e. The van der Waals surface area contributed by atoms with Crippen LogP contribution in [0.25, 0.3) is 0 Å².